The number of aryl methyl sites for hydroxylation is 1. The molecule has 114 valence electrons. The summed E-state index contributed by atoms with van der Waals surface area (Å²) in [6.45, 7) is 2.05. The van der Waals surface area contributed by atoms with Crippen molar-refractivity contribution >= 4 is 23.2 Å². The number of nitrogens with zero attached hydrogens (tertiary/aromatic N) is 2. The molecule has 0 fully saturated rings. The van der Waals surface area contributed by atoms with E-state index in [9.17, 15) is 0 Å². The van der Waals surface area contributed by atoms with Crippen LogP contribution < -0.4 is 11.1 Å². The minimum Gasteiger partial charge on any atom is -0.384 e. The van der Waals surface area contributed by atoms with Crippen molar-refractivity contribution in [3.05, 3.63) is 77.5 Å². The largest absolute Gasteiger partial charge is 0.384 e. The molecule has 1 aliphatic rings. The van der Waals surface area contributed by atoms with Gasteiger partial charge < -0.3 is 11.1 Å². The van der Waals surface area contributed by atoms with E-state index in [1.807, 2.05) is 30.5 Å². The van der Waals surface area contributed by atoms with Crippen molar-refractivity contribution in [2.24, 2.45) is 10.7 Å². The van der Waals surface area contributed by atoms with Crippen molar-refractivity contribution in [2.75, 3.05) is 0 Å². The van der Waals surface area contributed by atoms with Gasteiger partial charge in [-0.05, 0) is 24.6 Å². The molecular weight excluding hydrogens is 286 g/mol. The first kappa shape index (κ1) is 14.7. The van der Waals surface area contributed by atoms with E-state index in [1.165, 1.54) is 5.56 Å². The number of pyridine rings is 1. The van der Waals surface area contributed by atoms with Crippen molar-refractivity contribution < 1.29 is 0 Å². The van der Waals surface area contributed by atoms with Gasteiger partial charge in [0.1, 0.15) is 11.7 Å². The normalized spacial score (nSPS) is 15.6. The number of benzene rings is 1. The van der Waals surface area contributed by atoms with Crippen molar-refractivity contribution in [2.45, 2.75) is 6.92 Å². The molecular formula is C18H17N5. The topological polar surface area (TPSA) is 87.2 Å². The highest BCUT2D eigenvalue weighted by Crippen LogP contribution is 2.21. The highest BCUT2D eigenvalue weighted by molar-refractivity contribution is 6.21. The summed E-state index contributed by atoms with van der Waals surface area (Å²) in [5.41, 5.74) is 10.1. The van der Waals surface area contributed by atoms with Gasteiger partial charge >= 0.3 is 0 Å². The van der Waals surface area contributed by atoms with Crippen LogP contribution in [-0.2, 0) is 0 Å². The number of amidine groups is 1. The Hall–Kier alpha value is -3.21. The molecule has 1 aromatic heterocycles. The molecule has 3 rings (SSSR count). The molecule has 2 heterocycles. The Balaban J connectivity index is 1.93. The fourth-order valence-electron chi connectivity index (χ4n) is 2.29. The number of aromatic nitrogens is 1. The molecule has 0 bridgehead atoms. The SMILES string of the molecule is Cc1ccc(C2=CN/C(=C(\C(=N)N)c3ccccn3)N=C2)cc1. The predicted octanol–water partition coefficient (Wildman–Crippen LogP) is 2.71. The van der Waals surface area contributed by atoms with E-state index in [1.54, 1.807) is 18.5 Å². The van der Waals surface area contributed by atoms with Gasteiger partial charge in [-0.25, -0.2) is 4.99 Å². The third-order valence-corrected chi connectivity index (χ3v) is 3.51. The van der Waals surface area contributed by atoms with Gasteiger partial charge in [0, 0.05) is 24.2 Å². The van der Waals surface area contributed by atoms with Crippen LogP contribution in [0.5, 0.6) is 0 Å². The zero-order valence-electron chi connectivity index (χ0n) is 12.7. The van der Waals surface area contributed by atoms with Gasteiger partial charge in [0.05, 0.1) is 11.3 Å². The lowest BCUT2D eigenvalue weighted by Crippen LogP contribution is -2.20. The molecule has 0 aliphatic carbocycles. The molecule has 0 unspecified atom stereocenters. The highest BCUT2D eigenvalue weighted by Gasteiger charge is 2.15. The number of rotatable bonds is 3. The van der Waals surface area contributed by atoms with Crippen LogP contribution in [0.25, 0.3) is 11.1 Å². The number of hydrogen-bond acceptors (Lipinski definition) is 4. The molecule has 0 saturated heterocycles. The quantitative estimate of drug-likeness (QED) is 0.602. The van der Waals surface area contributed by atoms with Gasteiger partial charge in [-0.2, -0.15) is 0 Å². The molecule has 0 spiro atoms. The molecule has 0 atom stereocenters. The molecule has 23 heavy (non-hydrogen) atoms. The number of nitrogens with two attached hydrogens (primary N) is 1. The summed E-state index contributed by atoms with van der Waals surface area (Å²) in [7, 11) is 0. The number of hydrogen-bond donors (Lipinski definition) is 3. The predicted molar refractivity (Wildman–Crippen MR) is 93.9 cm³/mol. The fourth-order valence-corrected chi connectivity index (χ4v) is 2.29. The maximum absolute atomic E-state index is 7.81. The maximum Gasteiger partial charge on any atom is 0.143 e. The Morgan fingerprint density at radius 1 is 1.13 bits per heavy atom. The highest BCUT2D eigenvalue weighted by atomic mass is 15.0. The first-order chi connectivity index (χ1) is 11.1. The number of allylic oxidation sites excluding steroid dienone is 1. The lowest BCUT2D eigenvalue weighted by atomic mass is 10.1. The molecule has 0 amide bonds. The Bertz CT molecular complexity index is 814. The Morgan fingerprint density at radius 2 is 1.91 bits per heavy atom. The molecule has 1 aromatic carbocycles. The average Bonchev–Trinajstić information content (AvgIpc) is 2.57. The number of aliphatic imine (C=N–C) groups is 1. The molecule has 5 heteroatoms. The maximum atomic E-state index is 7.81. The summed E-state index contributed by atoms with van der Waals surface area (Å²) in [6, 6.07) is 13.7. The third kappa shape index (κ3) is 3.18. The first-order valence-electron chi connectivity index (χ1n) is 7.23. The van der Waals surface area contributed by atoms with Crippen LogP contribution in [0.1, 0.15) is 16.8 Å². The van der Waals surface area contributed by atoms with E-state index in [0.717, 1.165) is 11.1 Å². The van der Waals surface area contributed by atoms with Gasteiger partial charge in [0.25, 0.3) is 0 Å². The van der Waals surface area contributed by atoms with E-state index in [0.29, 0.717) is 17.1 Å². The van der Waals surface area contributed by atoms with Crippen LogP contribution in [-0.4, -0.2) is 17.0 Å². The summed E-state index contributed by atoms with van der Waals surface area (Å²) in [5.74, 6) is 0.447. The Morgan fingerprint density at radius 3 is 2.48 bits per heavy atom. The lowest BCUT2D eigenvalue weighted by Gasteiger charge is -2.15. The zero-order chi connectivity index (χ0) is 16.2. The van der Waals surface area contributed by atoms with E-state index < -0.39 is 0 Å². The van der Waals surface area contributed by atoms with Crippen LogP contribution in [0.4, 0.5) is 0 Å². The molecule has 0 saturated carbocycles. The summed E-state index contributed by atoms with van der Waals surface area (Å²) in [4.78, 5) is 8.67. The van der Waals surface area contributed by atoms with Gasteiger partial charge in [-0.15, -0.1) is 0 Å². The van der Waals surface area contributed by atoms with E-state index in [-0.39, 0.29) is 5.84 Å². The zero-order valence-corrected chi connectivity index (χ0v) is 12.7. The van der Waals surface area contributed by atoms with Crippen LogP contribution in [0, 0.1) is 12.3 Å². The monoisotopic (exact) mass is 303 g/mol. The van der Waals surface area contributed by atoms with Gasteiger partial charge in [0.2, 0.25) is 0 Å². The van der Waals surface area contributed by atoms with Crippen LogP contribution >= 0.6 is 0 Å². The van der Waals surface area contributed by atoms with Crippen LogP contribution in [0.15, 0.2) is 65.7 Å². The fraction of sp³-hybridized carbons (Fsp3) is 0.0556. The smallest absolute Gasteiger partial charge is 0.143 e. The third-order valence-electron chi connectivity index (χ3n) is 3.51. The molecule has 4 N–H and O–H groups in total. The van der Waals surface area contributed by atoms with Crippen molar-refractivity contribution in [3.63, 3.8) is 0 Å². The summed E-state index contributed by atoms with van der Waals surface area (Å²) < 4.78 is 0. The standard InChI is InChI=1S/C18H17N5/c1-12-5-7-13(8-6-12)14-10-22-18(23-11-14)16(17(19)20)15-4-2-3-9-21-15/h2-11,22H,1H3,(H3,19,20)/b18-16+. The minimum absolute atomic E-state index is 0.0736. The summed E-state index contributed by atoms with van der Waals surface area (Å²) in [6.07, 6.45) is 5.29. The summed E-state index contributed by atoms with van der Waals surface area (Å²) in [5, 5.41) is 10.9. The Labute approximate surface area is 134 Å². The molecule has 1 aliphatic heterocycles. The molecule has 2 aromatic rings. The lowest BCUT2D eigenvalue weighted by molar-refractivity contribution is 1.03. The van der Waals surface area contributed by atoms with E-state index >= 15 is 0 Å². The summed E-state index contributed by atoms with van der Waals surface area (Å²) >= 11 is 0. The van der Waals surface area contributed by atoms with Gasteiger partial charge in [0.15, 0.2) is 0 Å². The number of nitrogens with one attached hydrogen (secondary N) is 2. The molecule has 5 nitrogen and oxygen atoms in total. The van der Waals surface area contributed by atoms with E-state index in [4.69, 9.17) is 11.1 Å². The van der Waals surface area contributed by atoms with Crippen molar-refractivity contribution in [1.29, 1.82) is 5.41 Å². The second kappa shape index (κ2) is 6.27. The minimum atomic E-state index is -0.0736. The van der Waals surface area contributed by atoms with Crippen LogP contribution in [0.2, 0.25) is 0 Å². The van der Waals surface area contributed by atoms with Crippen molar-refractivity contribution in [1.82, 2.24) is 10.3 Å². The Kier molecular flexibility index (Phi) is 4.01. The second-order valence-corrected chi connectivity index (χ2v) is 5.22. The second-order valence-electron chi connectivity index (χ2n) is 5.22. The van der Waals surface area contributed by atoms with Crippen LogP contribution in [0.3, 0.4) is 0 Å². The van der Waals surface area contributed by atoms with Gasteiger partial charge in [-0.1, -0.05) is 35.9 Å². The molecule has 0 radical (unpaired) electrons. The van der Waals surface area contributed by atoms with Crippen molar-refractivity contribution in [3.8, 4) is 0 Å². The average molecular weight is 303 g/mol. The van der Waals surface area contributed by atoms with E-state index in [2.05, 4.69) is 34.3 Å². The first-order valence-corrected chi connectivity index (χ1v) is 7.23. The van der Waals surface area contributed by atoms with Gasteiger partial charge in [-0.3, -0.25) is 10.4 Å².